The zero-order chi connectivity index (χ0) is 14.4. The van der Waals surface area contributed by atoms with Gasteiger partial charge in [0, 0.05) is 5.39 Å². The van der Waals surface area contributed by atoms with Crippen LogP contribution in [0.1, 0.15) is 0 Å². The normalized spacial score (nSPS) is 11.3. The predicted octanol–water partition coefficient (Wildman–Crippen LogP) is 2.40. The summed E-state index contributed by atoms with van der Waals surface area (Å²) in [6.07, 6.45) is 0. The summed E-state index contributed by atoms with van der Waals surface area (Å²) >= 11 is 0. The average molecular weight is 280 g/mol. The number of aromatic nitrogens is 4. The van der Waals surface area contributed by atoms with Crippen molar-refractivity contribution in [3.8, 4) is 5.69 Å². The molecular weight excluding hydrogens is 271 g/mol. The number of rotatable bonds is 1. The molecular formula is C15H9FN4O. The maximum absolute atomic E-state index is 13.7. The van der Waals surface area contributed by atoms with Crippen LogP contribution in [0.25, 0.3) is 27.6 Å². The second-order valence-electron chi connectivity index (χ2n) is 4.65. The van der Waals surface area contributed by atoms with Crippen LogP contribution in [0, 0.1) is 5.82 Å². The molecule has 6 heteroatoms. The van der Waals surface area contributed by atoms with Crippen LogP contribution in [-0.4, -0.2) is 20.0 Å². The van der Waals surface area contributed by atoms with Gasteiger partial charge in [-0.15, -0.1) is 10.2 Å². The highest BCUT2D eigenvalue weighted by molar-refractivity contribution is 6.00. The lowest BCUT2D eigenvalue weighted by Gasteiger charge is -2.00. The molecule has 1 N–H and O–H groups in total. The lowest BCUT2D eigenvalue weighted by molar-refractivity contribution is 0.635. The molecule has 0 amide bonds. The lowest BCUT2D eigenvalue weighted by Crippen LogP contribution is -2.14. The van der Waals surface area contributed by atoms with Crippen molar-refractivity contribution in [1.82, 2.24) is 20.0 Å². The van der Waals surface area contributed by atoms with Crippen LogP contribution in [0.5, 0.6) is 0 Å². The molecule has 0 bridgehead atoms. The van der Waals surface area contributed by atoms with Gasteiger partial charge in [-0.2, -0.15) is 0 Å². The maximum atomic E-state index is 13.7. The summed E-state index contributed by atoms with van der Waals surface area (Å²) in [6.45, 7) is 0. The third kappa shape index (κ3) is 1.66. The number of H-pyrrole nitrogens is 1. The van der Waals surface area contributed by atoms with Crippen molar-refractivity contribution in [1.29, 1.82) is 0 Å². The highest BCUT2D eigenvalue weighted by atomic mass is 19.1. The number of nitrogens with one attached hydrogen (secondary N) is 1. The first kappa shape index (κ1) is 11.8. The Bertz CT molecular complexity index is 1020. The van der Waals surface area contributed by atoms with Crippen LogP contribution in [-0.2, 0) is 0 Å². The molecule has 0 spiro atoms. The molecule has 0 fully saturated rings. The molecule has 2 aromatic heterocycles. The van der Waals surface area contributed by atoms with E-state index in [-0.39, 0.29) is 16.6 Å². The molecule has 21 heavy (non-hydrogen) atoms. The maximum Gasteiger partial charge on any atom is 0.299 e. The van der Waals surface area contributed by atoms with Gasteiger partial charge in [-0.05, 0) is 18.2 Å². The van der Waals surface area contributed by atoms with Gasteiger partial charge in [-0.25, -0.2) is 9.07 Å². The topological polar surface area (TPSA) is 63.6 Å². The monoisotopic (exact) mass is 280 g/mol. The van der Waals surface area contributed by atoms with E-state index in [9.17, 15) is 9.18 Å². The first-order valence-electron chi connectivity index (χ1n) is 6.37. The first-order chi connectivity index (χ1) is 10.3. The molecule has 2 heterocycles. The third-order valence-electron chi connectivity index (χ3n) is 3.39. The van der Waals surface area contributed by atoms with Gasteiger partial charge in [0.1, 0.15) is 5.52 Å². The summed E-state index contributed by atoms with van der Waals surface area (Å²) in [5.74, 6) is -0.463. The number of benzene rings is 2. The van der Waals surface area contributed by atoms with Crippen molar-refractivity contribution in [2.45, 2.75) is 0 Å². The molecule has 0 saturated heterocycles. The van der Waals surface area contributed by atoms with Crippen LogP contribution in [0.2, 0.25) is 0 Å². The van der Waals surface area contributed by atoms with Crippen molar-refractivity contribution in [2.24, 2.45) is 0 Å². The van der Waals surface area contributed by atoms with Gasteiger partial charge in [0.05, 0.1) is 11.2 Å². The molecule has 0 aliphatic heterocycles. The molecule has 5 nitrogen and oxygen atoms in total. The summed E-state index contributed by atoms with van der Waals surface area (Å²) in [7, 11) is 0. The van der Waals surface area contributed by atoms with E-state index in [4.69, 9.17) is 0 Å². The summed E-state index contributed by atoms with van der Waals surface area (Å²) in [6, 6.07) is 13.7. The largest absolute Gasteiger partial charge is 0.299 e. The van der Waals surface area contributed by atoms with E-state index in [2.05, 4.69) is 15.3 Å². The Hall–Kier alpha value is -3.02. The van der Waals surface area contributed by atoms with Crippen molar-refractivity contribution in [3.63, 3.8) is 0 Å². The lowest BCUT2D eigenvalue weighted by atomic mass is 10.2. The molecule has 2 aromatic carbocycles. The predicted molar refractivity (Wildman–Crippen MR) is 76.9 cm³/mol. The minimum Gasteiger partial charge on any atom is -0.288 e. The quantitative estimate of drug-likeness (QED) is 0.582. The number of aromatic amines is 1. The SMILES string of the molecule is O=c1c2nnc3c(F)cccc3c2[nH]n1-c1ccccc1. The minimum atomic E-state index is -0.463. The minimum absolute atomic E-state index is 0.145. The molecule has 4 rings (SSSR count). The van der Waals surface area contributed by atoms with Gasteiger partial charge < -0.3 is 0 Å². The van der Waals surface area contributed by atoms with Gasteiger partial charge >= 0.3 is 0 Å². The van der Waals surface area contributed by atoms with Gasteiger partial charge in [-0.1, -0.05) is 30.3 Å². The Morgan fingerprint density at radius 1 is 0.952 bits per heavy atom. The van der Waals surface area contributed by atoms with Gasteiger partial charge in [0.25, 0.3) is 5.56 Å². The van der Waals surface area contributed by atoms with Gasteiger partial charge in [0.15, 0.2) is 11.3 Å². The van der Waals surface area contributed by atoms with E-state index in [0.717, 1.165) is 0 Å². The van der Waals surface area contributed by atoms with E-state index in [1.807, 2.05) is 18.2 Å². The Morgan fingerprint density at radius 3 is 2.52 bits per heavy atom. The number of nitrogens with zero attached hydrogens (tertiary/aromatic N) is 3. The van der Waals surface area contributed by atoms with Crippen molar-refractivity contribution >= 4 is 21.9 Å². The van der Waals surface area contributed by atoms with Crippen LogP contribution in [0.4, 0.5) is 4.39 Å². The van der Waals surface area contributed by atoms with E-state index < -0.39 is 5.82 Å². The van der Waals surface area contributed by atoms with Crippen LogP contribution < -0.4 is 5.56 Å². The van der Waals surface area contributed by atoms with E-state index in [1.54, 1.807) is 24.3 Å². The van der Waals surface area contributed by atoms with Crippen LogP contribution in [0.15, 0.2) is 53.3 Å². The van der Waals surface area contributed by atoms with E-state index in [1.165, 1.54) is 10.7 Å². The van der Waals surface area contributed by atoms with Gasteiger partial charge in [-0.3, -0.25) is 9.89 Å². The summed E-state index contributed by atoms with van der Waals surface area (Å²) < 4.78 is 15.1. The Balaban J connectivity index is 2.13. The van der Waals surface area contributed by atoms with E-state index >= 15 is 0 Å². The molecule has 102 valence electrons. The zero-order valence-corrected chi connectivity index (χ0v) is 10.7. The standard InChI is InChI=1S/C15H9FN4O/c16-11-8-4-7-10-12(11)17-18-14-13(10)19-20(15(14)21)9-5-2-1-3-6-9/h1-8,19H. The Labute approximate surface area is 117 Å². The smallest absolute Gasteiger partial charge is 0.288 e. The average Bonchev–Trinajstić information content (AvgIpc) is 2.86. The molecule has 0 radical (unpaired) electrons. The van der Waals surface area contributed by atoms with E-state index in [0.29, 0.717) is 16.6 Å². The molecule has 0 saturated carbocycles. The van der Waals surface area contributed by atoms with Crippen LogP contribution in [0.3, 0.4) is 0 Å². The highest BCUT2D eigenvalue weighted by Gasteiger charge is 2.14. The second kappa shape index (κ2) is 4.24. The van der Waals surface area contributed by atoms with Crippen molar-refractivity contribution in [2.75, 3.05) is 0 Å². The van der Waals surface area contributed by atoms with Crippen LogP contribution >= 0.6 is 0 Å². The molecule has 0 aliphatic carbocycles. The van der Waals surface area contributed by atoms with Crippen molar-refractivity contribution < 1.29 is 4.39 Å². The number of fused-ring (bicyclic) bond motifs is 3. The van der Waals surface area contributed by atoms with Crippen molar-refractivity contribution in [3.05, 3.63) is 64.7 Å². The molecule has 0 unspecified atom stereocenters. The summed E-state index contributed by atoms with van der Waals surface area (Å²) in [5.41, 5.74) is 1.19. The molecule has 0 atom stereocenters. The zero-order valence-electron chi connectivity index (χ0n) is 10.7. The fourth-order valence-electron chi connectivity index (χ4n) is 2.39. The summed E-state index contributed by atoms with van der Waals surface area (Å²) in [4.78, 5) is 12.4. The second-order valence-corrected chi connectivity index (χ2v) is 4.65. The fraction of sp³-hybridized carbons (Fsp3) is 0. The van der Waals surface area contributed by atoms with Gasteiger partial charge in [0.2, 0.25) is 0 Å². The Kier molecular flexibility index (Phi) is 2.38. The third-order valence-corrected chi connectivity index (χ3v) is 3.39. The molecule has 0 aliphatic rings. The number of hydrogen-bond acceptors (Lipinski definition) is 3. The highest BCUT2D eigenvalue weighted by Crippen LogP contribution is 2.21. The summed E-state index contributed by atoms with van der Waals surface area (Å²) in [5, 5.41) is 11.2. The Morgan fingerprint density at radius 2 is 1.71 bits per heavy atom. The number of halogens is 1. The number of hydrogen-bond donors (Lipinski definition) is 1. The fourth-order valence-corrected chi connectivity index (χ4v) is 2.39. The number of para-hydroxylation sites is 1. The first-order valence-corrected chi connectivity index (χ1v) is 6.37. The molecule has 4 aromatic rings.